The van der Waals surface area contributed by atoms with Crippen molar-refractivity contribution in [1.29, 1.82) is 0 Å². The van der Waals surface area contributed by atoms with E-state index in [2.05, 4.69) is 53.6 Å². The van der Waals surface area contributed by atoms with Crippen LogP contribution in [0.1, 0.15) is 60.8 Å². The molecule has 4 rings (SSSR count). The second-order valence-electron chi connectivity index (χ2n) is 12.2. The summed E-state index contributed by atoms with van der Waals surface area (Å²) in [5.74, 6) is -0.734. The lowest BCUT2D eigenvalue weighted by atomic mass is 9.79. The molecule has 0 unspecified atom stereocenters. The number of halogens is 4. The van der Waals surface area contributed by atoms with E-state index in [0.29, 0.717) is 18.7 Å². The number of hydrogen-bond donors (Lipinski definition) is 3. The molecule has 3 N–H and O–H groups in total. The fraction of sp³-hybridized carbons (Fsp3) is 0.643. The smallest absolute Gasteiger partial charge is 0.387 e. The molecule has 1 aromatic heterocycles. The van der Waals surface area contributed by atoms with Crippen LogP contribution in [0, 0.1) is 5.82 Å². The monoisotopic (exact) mass is 568 g/mol. The van der Waals surface area contributed by atoms with Gasteiger partial charge >= 0.3 is 6.61 Å². The molecule has 0 amide bonds. The molecule has 0 bridgehead atoms. The highest BCUT2D eigenvalue weighted by Gasteiger charge is 2.38. The molecule has 2 aliphatic rings. The Hall–Kier alpha value is -2.86. The van der Waals surface area contributed by atoms with E-state index >= 15 is 0 Å². The van der Waals surface area contributed by atoms with Crippen LogP contribution in [0.3, 0.4) is 0 Å². The molecular formula is C28H40F4N6O2. The van der Waals surface area contributed by atoms with Crippen molar-refractivity contribution in [2.24, 2.45) is 0 Å². The lowest BCUT2D eigenvalue weighted by Gasteiger charge is -2.46. The highest BCUT2D eigenvalue weighted by atomic mass is 19.3. The summed E-state index contributed by atoms with van der Waals surface area (Å²) in [6.07, 6.45) is 0.922. The Morgan fingerprint density at radius 2 is 1.80 bits per heavy atom. The molecule has 2 atom stereocenters. The fourth-order valence-electron chi connectivity index (χ4n) is 5.82. The van der Waals surface area contributed by atoms with Crippen molar-refractivity contribution in [1.82, 2.24) is 20.2 Å². The summed E-state index contributed by atoms with van der Waals surface area (Å²) in [7, 11) is 0. The van der Waals surface area contributed by atoms with Gasteiger partial charge in [-0.3, -0.25) is 4.90 Å². The largest absolute Gasteiger partial charge is 0.483 e. The van der Waals surface area contributed by atoms with Crippen molar-refractivity contribution >= 4 is 17.5 Å². The van der Waals surface area contributed by atoms with Crippen LogP contribution in [-0.2, 0) is 0 Å². The summed E-state index contributed by atoms with van der Waals surface area (Å²) >= 11 is 0. The molecule has 2 aliphatic heterocycles. The number of aromatic nitrogens is 2. The molecule has 2 saturated heterocycles. The van der Waals surface area contributed by atoms with Crippen LogP contribution < -0.4 is 25.4 Å². The van der Waals surface area contributed by atoms with E-state index in [1.807, 2.05) is 18.7 Å². The lowest BCUT2D eigenvalue weighted by molar-refractivity contribution is -0.0540. The van der Waals surface area contributed by atoms with Crippen LogP contribution >= 0.6 is 0 Å². The zero-order valence-electron chi connectivity index (χ0n) is 23.9. The second kappa shape index (κ2) is 11.9. The van der Waals surface area contributed by atoms with Crippen LogP contribution in [0.15, 0.2) is 24.4 Å². The Kier molecular flexibility index (Phi) is 8.99. The van der Waals surface area contributed by atoms with E-state index in [-0.39, 0.29) is 53.0 Å². The summed E-state index contributed by atoms with van der Waals surface area (Å²) in [6, 6.07) is 4.46. The Morgan fingerprint density at radius 1 is 1.10 bits per heavy atom. The third kappa shape index (κ3) is 7.87. The van der Waals surface area contributed by atoms with E-state index in [1.54, 1.807) is 6.07 Å². The van der Waals surface area contributed by atoms with Gasteiger partial charge in [-0.2, -0.15) is 13.8 Å². The number of benzene rings is 1. The molecule has 3 heterocycles. The normalized spacial score (nSPS) is 23.3. The number of likely N-dealkylation sites (tertiary alicyclic amines) is 1. The van der Waals surface area contributed by atoms with Gasteiger partial charge in [0.05, 0.1) is 6.20 Å². The maximum absolute atomic E-state index is 14.8. The summed E-state index contributed by atoms with van der Waals surface area (Å²) in [6.45, 7) is 10.1. The van der Waals surface area contributed by atoms with Crippen molar-refractivity contribution < 1.29 is 27.0 Å². The molecule has 40 heavy (non-hydrogen) atoms. The van der Waals surface area contributed by atoms with E-state index in [9.17, 15) is 17.6 Å². The van der Waals surface area contributed by atoms with Crippen LogP contribution in [0.5, 0.6) is 11.5 Å². The van der Waals surface area contributed by atoms with Gasteiger partial charge in [0.25, 0.3) is 0 Å². The molecule has 0 aliphatic carbocycles. The molecule has 2 fully saturated rings. The minimum Gasteiger partial charge on any atom is -0.483 e. The first-order valence-electron chi connectivity index (χ1n) is 13.7. The van der Waals surface area contributed by atoms with Gasteiger partial charge in [-0.1, -0.05) is 0 Å². The first-order valence-corrected chi connectivity index (χ1v) is 13.7. The third-order valence-electron chi connectivity index (χ3n) is 7.21. The molecule has 0 saturated carbocycles. The van der Waals surface area contributed by atoms with Gasteiger partial charge in [-0.15, -0.1) is 0 Å². The van der Waals surface area contributed by atoms with Gasteiger partial charge < -0.3 is 25.4 Å². The van der Waals surface area contributed by atoms with Gasteiger partial charge in [0.15, 0.2) is 23.1 Å². The number of alkyl halides is 3. The van der Waals surface area contributed by atoms with E-state index in [1.165, 1.54) is 12.1 Å². The Labute approximate surface area is 233 Å². The van der Waals surface area contributed by atoms with Gasteiger partial charge in [-0.05, 0) is 72.9 Å². The molecule has 0 spiro atoms. The van der Waals surface area contributed by atoms with Gasteiger partial charge in [0.1, 0.15) is 12.3 Å². The molecule has 222 valence electrons. The predicted molar refractivity (Wildman–Crippen MR) is 147 cm³/mol. The van der Waals surface area contributed by atoms with Crippen molar-refractivity contribution in [2.75, 3.05) is 23.7 Å². The van der Waals surface area contributed by atoms with E-state index < -0.39 is 24.7 Å². The van der Waals surface area contributed by atoms with Crippen LogP contribution in [-0.4, -0.2) is 70.0 Å². The average molecular weight is 569 g/mol. The lowest BCUT2D eigenvalue weighted by Crippen LogP contribution is -2.60. The van der Waals surface area contributed by atoms with Crippen molar-refractivity contribution in [2.45, 2.75) is 103 Å². The maximum atomic E-state index is 14.8. The Morgan fingerprint density at radius 3 is 2.42 bits per heavy atom. The van der Waals surface area contributed by atoms with Crippen LogP contribution in [0.2, 0.25) is 0 Å². The first kappa shape index (κ1) is 30.1. The highest BCUT2D eigenvalue weighted by molar-refractivity contribution is 5.60. The molecule has 12 heteroatoms. The van der Waals surface area contributed by atoms with Crippen LogP contribution in [0.4, 0.5) is 35.0 Å². The van der Waals surface area contributed by atoms with E-state index in [4.69, 9.17) is 9.47 Å². The van der Waals surface area contributed by atoms with Crippen molar-refractivity contribution in [3.8, 4) is 11.5 Å². The molecule has 0 radical (unpaired) electrons. The minimum absolute atomic E-state index is 0.00927. The van der Waals surface area contributed by atoms with Gasteiger partial charge in [-0.25, -0.2) is 13.8 Å². The van der Waals surface area contributed by atoms with Crippen molar-refractivity contribution in [3.63, 3.8) is 0 Å². The third-order valence-corrected chi connectivity index (χ3v) is 7.21. The number of ether oxygens (including phenoxy) is 2. The molecule has 1 aromatic carbocycles. The summed E-state index contributed by atoms with van der Waals surface area (Å²) < 4.78 is 66.4. The molecular weight excluding hydrogens is 528 g/mol. The average Bonchev–Trinajstić information content (AvgIpc) is 2.81. The fourth-order valence-corrected chi connectivity index (χ4v) is 5.82. The highest BCUT2D eigenvalue weighted by Crippen LogP contribution is 2.35. The number of hydrogen-bond acceptors (Lipinski definition) is 8. The number of anilines is 3. The summed E-state index contributed by atoms with van der Waals surface area (Å²) in [5, 5.41) is 9.70. The van der Waals surface area contributed by atoms with Crippen LogP contribution in [0.25, 0.3) is 0 Å². The summed E-state index contributed by atoms with van der Waals surface area (Å²) in [5.41, 5.74) is 0.0153. The van der Waals surface area contributed by atoms with Gasteiger partial charge in [0, 0.05) is 48.0 Å². The zero-order chi connectivity index (χ0) is 29.2. The quantitative estimate of drug-likeness (QED) is 0.324. The number of nitrogens with zero attached hydrogens (tertiary/aromatic N) is 3. The predicted octanol–water partition coefficient (Wildman–Crippen LogP) is 5.88. The summed E-state index contributed by atoms with van der Waals surface area (Å²) in [4.78, 5) is 10.3. The number of piperidine rings is 2. The zero-order valence-corrected chi connectivity index (χ0v) is 23.9. The SMILES string of the molecule is CC(C)N1CC[C@@H](Oc2ccc(Nc3ncc(F)c(NC4CC(C)(C)NC(C)(C)C4)n3)cc2OC(F)F)[C@H](F)C1. The number of rotatable bonds is 9. The maximum Gasteiger partial charge on any atom is 0.387 e. The first-order chi connectivity index (χ1) is 18.7. The second-order valence-corrected chi connectivity index (χ2v) is 12.2. The standard InChI is InChI=1S/C28H40F4N6O2/c1-16(2)38-10-9-21(20(30)15-38)39-22-8-7-17(11-23(22)40-25(31)32)35-26-33-14-19(29)24(36-26)34-18-12-27(3,4)37-28(5,6)13-18/h7-8,11,14,16,18,20-21,25,37H,9-10,12-13,15H2,1-6H3,(H2,33,34,35,36)/t20-,21-/m1/s1. The number of nitrogens with one attached hydrogen (secondary N) is 3. The molecule has 8 nitrogen and oxygen atoms in total. The topological polar surface area (TPSA) is 83.6 Å². The Balaban J connectivity index is 1.49. The van der Waals surface area contributed by atoms with Gasteiger partial charge in [0.2, 0.25) is 5.95 Å². The van der Waals surface area contributed by atoms with E-state index in [0.717, 1.165) is 19.0 Å². The Bertz CT molecular complexity index is 1150. The molecule has 2 aromatic rings. The van der Waals surface area contributed by atoms with Crippen molar-refractivity contribution in [3.05, 3.63) is 30.2 Å². The minimum atomic E-state index is -3.11.